The molecule has 0 bridgehead atoms. The van der Waals surface area contributed by atoms with Gasteiger partial charge in [-0.3, -0.25) is 4.90 Å². The number of benzene rings is 3. The molecule has 0 atom stereocenters. The predicted molar refractivity (Wildman–Crippen MR) is 125 cm³/mol. The van der Waals surface area contributed by atoms with E-state index in [4.69, 9.17) is 23.2 Å². The van der Waals surface area contributed by atoms with E-state index in [1.807, 2.05) is 29.2 Å². The lowest BCUT2D eigenvalue weighted by Gasteiger charge is -2.50. The lowest BCUT2D eigenvalue weighted by atomic mass is 9.88. The summed E-state index contributed by atoms with van der Waals surface area (Å²) in [6, 6.07) is 17.0. The Balaban J connectivity index is 1.51. The van der Waals surface area contributed by atoms with Crippen LogP contribution in [0.4, 0.5) is 8.78 Å². The first-order valence-electron chi connectivity index (χ1n) is 10.1. The van der Waals surface area contributed by atoms with Crippen LogP contribution >= 0.6 is 23.2 Å². The van der Waals surface area contributed by atoms with Gasteiger partial charge in [-0.1, -0.05) is 47.5 Å². The summed E-state index contributed by atoms with van der Waals surface area (Å²) in [5.41, 5.74) is 0.401. The van der Waals surface area contributed by atoms with Crippen LogP contribution in [0.3, 0.4) is 0 Å². The first-order chi connectivity index (χ1) is 15.5. The Bertz CT molecular complexity index is 1180. The average molecular weight is 512 g/mol. The maximum atomic E-state index is 13.4. The molecule has 1 fully saturated rings. The molecule has 0 aliphatic carbocycles. The summed E-state index contributed by atoms with van der Waals surface area (Å²) in [4.78, 5) is 1.96. The minimum absolute atomic E-state index is 0.00693. The first kappa shape index (κ1) is 24.1. The Kier molecular flexibility index (Phi) is 6.80. The van der Waals surface area contributed by atoms with Gasteiger partial charge in [-0.15, -0.1) is 0 Å². The molecule has 0 unspecified atom stereocenters. The molecular formula is C24H21Cl2F2NO3S. The Labute approximate surface area is 201 Å². The minimum Gasteiger partial charge on any atom is -0.386 e. The van der Waals surface area contributed by atoms with Gasteiger partial charge < -0.3 is 5.11 Å². The van der Waals surface area contributed by atoms with E-state index < -0.39 is 38.6 Å². The number of nitrogens with zero attached hydrogens (tertiary/aromatic N) is 1. The fraction of sp³-hybridized carbons (Fsp3) is 0.250. The van der Waals surface area contributed by atoms with Crippen LogP contribution in [0, 0.1) is 11.6 Å². The van der Waals surface area contributed by atoms with Crippen molar-refractivity contribution in [2.45, 2.75) is 17.4 Å². The van der Waals surface area contributed by atoms with Crippen LogP contribution < -0.4 is 0 Å². The van der Waals surface area contributed by atoms with E-state index >= 15 is 0 Å². The molecular weight excluding hydrogens is 491 g/mol. The number of sulfone groups is 1. The van der Waals surface area contributed by atoms with E-state index in [1.165, 1.54) is 0 Å². The van der Waals surface area contributed by atoms with Gasteiger partial charge in [0.25, 0.3) is 0 Å². The maximum Gasteiger partial charge on any atom is 0.157 e. The predicted octanol–water partition coefficient (Wildman–Crippen LogP) is 5.02. The van der Waals surface area contributed by atoms with Gasteiger partial charge in [0.2, 0.25) is 0 Å². The van der Waals surface area contributed by atoms with Crippen molar-refractivity contribution >= 4 is 33.0 Å². The number of aliphatic hydroxyl groups is 1. The van der Waals surface area contributed by atoms with Gasteiger partial charge >= 0.3 is 0 Å². The number of halogens is 4. The van der Waals surface area contributed by atoms with Crippen LogP contribution in [0.2, 0.25) is 10.0 Å². The minimum atomic E-state index is -3.82. The summed E-state index contributed by atoms with van der Waals surface area (Å²) in [5, 5.41) is 12.1. The van der Waals surface area contributed by atoms with E-state index in [9.17, 15) is 22.3 Å². The van der Waals surface area contributed by atoms with Crippen LogP contribution in [0.1, 0.15) is 22.7 Å². The van der Waals surface area contributed by atoms with Crippen LogP contribution in [0.15, 0.2) is 66.7 Å². The normalized spacial score (nSPS) is 16.1. The Morgan fingerprint density at radius 1 is 0.879 bits per heavy atom. The molecule has 174 valence electrons. The zero-order valence-electron chi connectivity index (χ0n) is 17.4. The molecule has 0 aromatic heterocycles. The number of rotatable bonds is 7. The summed E-state index contributed by atoms with van der Waals surface area (Å²) >= 11 is 12.1. The number of β-amino-alcohol motifs (C(OH)–C–C–N with tert-alkyl or cyclic N) is 1. The highest BCUT2D eigenvalue weighted by molar-refractivity contribution is 7.90. The monoisotopic (exact) mass is 511 g/mol. The standard InChI is InChI=1S/C24H21Cl2F2NO3S/c25-19-5-1-17(2-6-19)23(18-3-7-20(26)8-4-18)29-13-24(30,14-29)15-33(31,32)12-16-9-21(27)11-22(28)10-16/h1-11,23,30H,12-15H2. The Hall–Kier alpha value is -2.03. The van der Waals surface area contributed by atoms with Gasteiger partial charge in [0.05, 0.1) is 17.5 Å². The largest absolute Gasteiger partial charge is 0.386 e. The SMILES string of the molecule is O=S(=O)(Cc1cc(F)cc(F)c1)CC1(O)CN(C(c2ccc(Cl)cc2)c2ccc(Cl)cc2)C1. The van der Waals surface area contributed by atoms with Gasteiger partial charge in [0.1, 0.15) is 17.2 Å². The molecule has 9 heteroatoms. The molecule has 4 rings (SSSR count). The molecule has 1 aliphatic rings. The number of likely N-dealkylation sites (tertiary alicyclic amines) is 1. The van der Waals surface area contributed by atoms with Crippen LogP contribution in [0.5, 0.6) is 0 Å². The Morgan fingerprint density at radius 3 is 1.79 bits per heavy atom. The molecule has 0 radical (unpaired) electrons. The quantitative estimate of drug-likeness (QED) is 0.483. The molecule has 1 heterocycles. The van der Waals surface area contributed by atoms with Gasteiger partial charge in [-0.2, -0.15) is 0 Å². The fourth-order valence-electron chi connectivity index (χ4n) is 4.30. The number of hydrogen-bond acceptors (Lipinski definition) is 4. The Morgan fingerprint density at radius 2 is 1.33 bits per heavy atom. The third kappa shape index (κ3) is 5.91. The second-order valence-corrected chi connectivity index (χ2v) is 11.4. The molecule has 0 spiro atoms. The van der Waals surface area contributed by atoms with Crippen LogP contribution in [-0.4, -0.2) is 42.9 Å². The summed E-state index contributed by atoms with van der Waals surface area (Å²) < 4.78 is 52.2. The molecule has 1 N–H and O–H groups in total. The van der Waals surface area contributed by atoms with Crippen molar-refractivity contribution in [2.75, 3.05) is 18.8 Å². The highest BCUT2D eigenvalue weighted by Crippen LogP contribution is 2.37. The molecule has 3 aromatic rings. The zero-order valence-corrected chi connectivity index (χ0v) is 19.7. The van der Waals surface area contributed by atoms with E-state index in [2.05, 4.69) is 0 Å². The lowest BCUT2D eigenvalue weighted by molar-refractivity contribution is -0.0937. The lowest BCUT2D eigenvalue weighted by Crippen LogP contribution is -2.65. The van der Waals surface area contributed by atoms with Crippen molar-refractivity contribution in [3.05, 3.63) is 105 Å². The molecule has 0 saturated carbocycles. The van der Waals surface area contributed by atoms with Crippen molar-refractivity contribution in [1.82, 2.24) is 4.90 Å². The van der Waals surface area contributed by atoms with E-state index in [1.54, 1.807) is 24.3 Å². The van der Waals surface area contributed by atoms with Crippen molar-refractivity contribution in [2.24, 2.45) is 0 Å². The molecule has 33 heavy (non-hydrogen) atoms. The molecule has 1 aliphatic heterocycles. The van der Waals surface area contributed by atoms with Crippen molar-refractivity contribution in [3.63, 3.8) is 0 Å². The molecule has 0 amide bonds. The second-order valence-electron chi connectivity index (χ2n) is 8.44. The maximum absolute atomic E-state index is 13.4. The third-order valence-electron chi connectivity index (χ3n) is 5.53. The van der Waals surface area contributed by atoms with Crippen LogP contribution in [0.25, 0.3) is 0 Å². The summed E-state index contributed by atoms with van der Waals surface area (Å²) in [7, 11) is -3.82. The summed E-state index contributed by atoms with van der Waals surface area (Å²) in [6.45, 7) is 0.222. The van der Waals surface area contributed by atoms with Crippen molar-refractivity contribution < 1.29 is 22.3 Å². The summed E-state index contributed by atoms with van der Waals surface area (Å²) in [6.07, 6.45) is 0. The van der Waals surface area contributed by atoms with E-state index in [-0.39, 0.29) is 24.7 Å². The van der Waals surface area contributed by atoms with Crippen molar-refractivity contribution in [3.8, 4) is 0 Å². The van der Waals surface area contributed by atoms with Gasteiger partial charge in [-0.05, 0) is 53.1 Å². The zero-order chi connectivity index (χ0) is 23.8. The van der Waals surface area contributed by atoms with Crippen LogP contribution in [-0.2, 0) is 15.6 Å². The smallest absolute Gasteiger partial charge is 0.157 e. The highest BCUT2D eigenvalue weighted by atomic mass is 35.5. The molecule has 4 nitrogen and oxygen atoms in total. The number of hydrogen-bond donors (Lipinski definition) is 1. The van der Waals surface area contributed by atoms with E-state index in [0.29, 0.717) is 16.1 Å². The summed E-state index contributed by atoms with van der Waals surface area (Å²) in [5.74, 6) is -2.75. The fourth-order valence-corrected chi connectivity index (χ4v) is 6.33. The molecule has 3 aromatic carbocycles. The van der Waals surface area contributed by atoms with E-state index in [0.717, 1.165) is 23.3 Å². The topological polar surface area (TPSA) is 57.6 Å². The third-order valence-corrected chi connectivity index (χ3v) is 7.78. The van der Waals surface area contributed by atoms with Crippen molar-refractivity contribution in [1.29, 1.82) is 0 Å². The van der Waals surface area contributed by atoms with Gasteiger partial charge in [0.15, 0.2) is 9.84 Å². The van der Waals surface area contributed by atoms with Gasteiger partial charge in [-0.25, -0.2) is 17.2 Å². The first-order valence-corrected chi connectivity index (χ1v) is 12.7. The van der Waals surface area contributed by atoms with Gasteiger partial charge in [0, 0.05) is 29.2 Å². The average Bonchev–Trinajstić information content (AvgIpc) is 2.68. The highest BCUT2D eigenvalue weighted by Gasteiger charge is 2.47. The molecule has 1 saturated heterocycles. The second kappa shape index (κ2) is 9.31.